The van der Waals surface area contributed by atoms with Crippen LogP contribution in [0.4, 0.5) is 5.69 Å². The van der Waals surface area contributed by atoms with Gasteiger partial charge >= 0.3 is 0 Å². The average Bonchev–Trinajstić information content (AvgIpc) is 3.07. The predicted molar refractivity (Wildman–Crippen MR) is 97.2 cm³/mol. The standard InChI is InChI=1S/C20H20N4O/c25-20(12-15-6-5-10-21-13-15)23-17-8-2-1-7-16(17)18-14-24-11-4-3-9-19(24)22-18/h1-2,5-8,10,13-14H,3-4,9,11-12H2,(H,23,25). The highest BCUT2D eigenvalue weighted by atomic mass is 16.1. The van der Waals surface area contributed by atoms with E-state index in [0.717, 1.165) is 41.3 Å². The Morgan fingerprint density at radius 2 is 2.08 bits per heavy atom. The molecule has 1 aliphatic heterocycles. The number of carbonyl (C=O) groups excluding carboxylic acids is 1. The Balaban J connectivity index is 1.57. The molecule has 4 rings (SSSR count). The van der Waals surface area contributed by atoms with Gasteiger partial charge in [-0.2, -0.15) is 0 Å². The van der Waals surface area contributed by atoms with Crippen LogP contribution in [0.25, 0.3) is 11.3 Å². The topological polar surface area (TPSA) is 59.8 Å². The summed E-state index contributed by atoms with van der Waals surface area (Å²) in [6.45, 7) is 1.03. The van der Waals surface area contributed by atoms with Gasteiger partial charge < -0.3 is 9.88 Å². The van der Waals surface area contributed by atoms with Crippen molar-refractivity contribution >= 4 is 11.6 Å². The van der Waals surface area contributed by atoms with Gasteiger partial charge in [0.1, 0.15) is 5.82 Å². The number of hydrogen-bond donors (Lipinski definition) is 1. The summed E-state index contributed by atoms with van der Waals surface area (Å²) in [4.78, 5) is 21.2. The second-order valence-electron chi connectivity index (χ2n) is 6.32. The molecule has 0 atom stereocenters. The van der Waals surface area contributed by atoms with Crippen LogP contribution >= 0.6 is 0 Å². The van der Waals surface area contributed by atoms with Crippen molar-refractivity contribution < 1.29 is 4.79 Å². The number of fused-ring (bicyclic) bond motifs is 1. The number of hydrogen-bond acceptors (Lipinski definition) is 3. The summed E-state index contributed by atoms with van der Waals surface area (Å²) in [5.41, 5.74) is 3.58. The maximum atomic E-state index is 12.4. The SMILES string of the molecule is O=C(Cc1cccnc1)Nc1ccccc1-c1cn2c(n1)CCCC2. The molecule has 0 spiro atoms. The van der Waals surface area contributed by atoms with Crippen LogP contribution in [0, 0.1) is 0 Å². The van der Waals surface area contributed by atoms with Gasteiger partial charge in [0, 0.05) is 37.1 Å². The van der Waals surface area contributed by atoms with E-state index in [0.29, 0.717) is 6.42 Å². The number of pyridine rings is 1. The van der Waals surface area contributed by atoms with Crippen LogP contribution in [0.2, 0.25) is 0 Å². The zero-order chi connectivity index (χ0) is 17.1. The van der Waals surface area contributed by atoms with Crippen molar-refractivity contribution in [3.05, 3.63) is 66.4 Å². The van der Waals surface area contributed by atoms with Crippen LogP contribution in [0.5, 0.6) is 0 Å². The fourth-order valence-electron chi connectivity index (χ4n) is 3.24. The fraction of sp³-hybridized carbons (Fsp3) is 0.250. The van der Waals surface area contributed by atoms with Crippen molar-refractivity contribution in [3.63, 3.8) is 0 Å². The molecule has 0 radical (unpaired) electrons. The van der Waals surface area contributed by atoms with Crippen LogP contribution in [-0.4, -0.2) is 20.4 Å². The van der Waals surface area contributed by atoms with Gasteiger partial charge in [0.05, 0.1) is 17.8 Å². The summed E-state index contributed by atoms with van der Waals surface area (Å²) < 4.78 is 2.23. The molecule has 2 aromatic heterocycles. The number of anilines is 1. The lowest BCUT2D eigenvalue weighted by molar-refractivity contribution is -0.115. The van der Waals surface area contributed by atoms with Crippen molar-refractivity contribution in [2.75, 3.05) is 5.32 Å². The van der Waals surface area contributed by atoms with Crippen LogP contribution in [0.1, 0.15) is 24.2 Å². The lowest BCUT2D eigenvalue weighted by Gasteiger charge is -2.11. The number of nitrogens with one attached hydrogen (secondary N) is 1. The molecule has 1 amide bonds. The zero-order valence-electron chi connectivity index (χ0n) is 14.0. The first-order valence-corrected chi connectivity index (χ1v) is 8.64. The number of amides is 1. The Morgan fingerprint density at radius 1 is 1.16 bits per heavy atom. The molecule has 0 saturated carbocycles. The lowest BCUT2D eigenvalue weighted by Crippen LogP contribution is -2.15. The van der Waals surface area contributed by atoms with Crippen LogP contribution < -0.4 is 5.32 Å². The third-order valence-electron chi connectivity index (χ3n) is 4.47. The third-order valence-corrected chi connectivity index (χ3v) is 4.47. The highest BCUT2D eigenvalue weighted by molar-refractivity contribution is 5.96. The zero-order valence-corrected chi connectivity index (χ0v) is 14.0. The maximum absolute atomic E-state index is 12.4. The second kappa shape index (κ2) is 6.89. The first-order valence-electron chi connectivity index (χ1n) is 8.64. The minimum absolute atomic E-state index is 0.0515. The lowest BCUT2D eigenvalue weighted by atomic mass is 10.1. The molecule has 0 bridgehead atoms. The van der Waals surface area contributed by atoms with Crippen LogP contribution in [-0.2, 0) is 24.2 Å². The van der Waals surface area contributed by atoms with Gasteiger partial charge in [-0.3, -0.25) is 9.78 Å². The van der Waals surface area contributed by atoms with Gasteiger partial charge in [-0.25, -0.2) is 4.98 Å². The number of para-hydroxylation sites is 1. The van der Waals surface area contributed by atoms with Crippen LogP contribution in [0.3, 0.4) is 0 Å². The monoisotopic (exact) mass is 332 g/mol. The van der Waals surface area contributed by atoms with E-state index in [1.54, 1.807) is 12.4 Å². The Bertz CT molecular complexity index is 862. The molecule has 0 aliphatic carbocycles. The first-order chi connectivity index (χ1) is 12.3. The van der Waals surface area contributed by atoms with Gasteiger partial charge in [0.2, 0.25) is 5.91 Å². The Morgan fingerprint density at radius 3 is 2.92 bits per heavy atom. The summed E-state index contributed by atoms with van der Waals surface area (Å²) in [5, 5.41) is 3.02. The van der Waals surface area contributed by atoms with E-state index in [2.05, 4.69) is 21.1 Å². The molecular formula is C20H20N4O. The third kappa shape index (κ3) is 3.45. The summed E-state index contributed by atoms with van der Waals surface area (Å²) in [5.74, 6) is 1.09. The molecule has 1 aliphatic rings. The van der Waals surface area contributed by atoms with E-state index in [-0.39, 0.29) is 5.91 Å². The smallest absolute Gasteiger partial charge is 0.228 e. The number of nitrogens with zero attached hydrogens (tertiary/aromatic N) is 3. The van der Waals surface area contributed by atoms with Gasteiger partial charge in [-0.05, 0) is 30.5 Å². The molecule has 3 aromatic rings. The van der Waals surface area contributed by atoms with E-state index in [4.69, 9.17) is 4.98 Å². The number of benzene rings is 1. The van der Waals surface area contributed by atoms with E-state index < -0.39 is 0 Å². The number of carbonyl (C=O) groups is 1. The normalized spacial score (nSPS) is 13.3. The molecule has 0 unspecified atom stereocenters. The van der Waals surface area contributed by atoms with Gasteiger partial charge in [0.25, 0.3) is 0 Å². The first kappa shape index (κ1) is 15.6. The number of aromatic nitrogens is 3. The molecule has 3 heterocycles. The number of imidazole rings is 1. The molecule has 1 aromatic carbocycles. The van der Waals surface area contributed by atoms with E-state index in [1.807, 2.05) is 36.4 Å². The second-order valence-corrected chi connectivity index (χ2v) is 6.32. The van der Waals surface area contributed by atoms with E-state index >= 15 is 0 Å². The largest absolute Gasteiger partial charge is 0.334 e. The molecule has 0 fully saturated rings. The van der Waals surface area contributed by atoms with E-state index in [9.17, 15) is 4.79 Å². The average molecular weight is 332 g/mol. The summed E-state index contributed by atoms with van der Waals surface area (Å²) in [6.07, 6.45) is 9.25. The maximum Gasteiger partial charge on any atom is 0.228 e. The summed E-state index contributed by atoms with van der Waals surface area (Å²) >= 11 is 0. The highest BCUT2D eigenvalue weighted by Gasteiger charge is 2.16. The van der Waals surface area contributed by atoms with E-state index in [1.165, 1.54) is 12.8 Å². The van der Waals surface area contributed by atoms with Gasteiger partial charge in [-0.15, -0.1) is 0 Å². The van der Waals surface area contributed by atoms with Crippen molar-refractivity contribution in [1.29, 1.82) is 0 Å². The Kier molecular flexibility index (Phi) is 4.29. The van der Waals surface area contributed by atoms with Crippen LogP contribution in [0.15, 0.2) is 55.0 Å². The van der Waals surface area contributed by atoms with Gasteiger partial charge in [-0.1, -0.05) is 24.3 Å². The summed E-state index contributed by atoms with van der Waals surface area (Å²) in [6, 6.07) is 11.6. The van der Waals surface area contributed by atoms with Gasteiger partial charge in [0.15, 0.2) is 0 Å². The van der Waals surface area contributed by atoms with Crippen molar-refractivity contribution in [3.8, 4) is 11.3 Å². The minimum Gasteiger partial charge on any atom is -0.334 e. The fourth-order valence-corrected chi connectivity index (χ4v) is 3.24. The quantitative estimate of drug-likeness (QED) is 0.796. The molecule has 126 valence electrons. The minimum atomic E-state index is -0.0515. The van der Waals surface area contributed by atoms with Crippen molar-refractivity contribution in [2.45, 2.75) is 32.2 Å². The molecule has 5 nitrogen and oxygen atoms in total. The number of aryl methyl sites for hydroxylation is 2. The Hall–Kier alpha value is -2.95. The Labute approximate surface area is 146 Å². The molecule has 1 N–H and O–H groups in total. The molecule has 0 saturated heterocycles. The molecule has 25 heavy (non-hydrogen) atoms. The van der Waals surface area contributed by atoms with Crippen molar-refractivity contribution in [2.24, 2.45) is 0 Å². The molecular weight excluding hydrogens is 312 g/mol. The highest BCUT2D eigenvalue weighted by Crippen LogP contribution is 2.29. The number of rotatable bonds is 4. The predicted octanol–water partition coefficient (Wildman–Crippen LogP) is 3.46. The van der Waals surface area contributed by atoms with Crippen molar-refractivity contribution in [1.82, 2.24) is 14.5 Å². The summed E-state index contributed by atoms with van der Waals surface area (Å²) in [7, 11) is 0. The molecule has 5 heteroatoms.